The molecule has 2 heterocycles. The number of amides is 4. The Morgan fingerprint density at radius 3 is 2.35 bits per heavy atom. The molecule has 0 unspecified atom stereocenters. The van der Waals surface area contributed by atoms with Crippen molar-refractivity contribution >= 4 is 35.3 Å². The van der Waals surface area contributed by atoms with E-state index in [1.807, 2.05) is 53.9 Å². The van der Waals surface area contributed by atoms with E-state index in [1.165, 1.54) is 11.3 Å². The molecule has 1 aromatic carbocycles. The SMILES string of the molecule is O=C1C(=O)N(Cc2cccs2)C(=O)N1C/C=C/c1ccccc1. The minimum absolute atomic E-state index is 0.0826. The molecule has 5 nitrogen and oxygen atoms in total. The number of imide groups is 2. The summed E-state index contributed by atoms with van der Waals surface area (Å²) in [7, 11) is 0. The molecule has 1 aliphatic rings. The molecule has 1 aromatic heterocycles. The predicted octanol–water partition coefficient (Wildman–Crippen LogP) is 2.75. The lowest BCUT2D eigenvalue weighted by molar-refractivity contribution is -0.143. The van der Waals surface area contributed by atoms with Crippen molar-refractivity contribution < 1.29 is 14.4 Å². The van der Waals surface area contributed by atoms with Gasteiger partial charge in [0, 0.05) is 11.4 Å². The van der Waals surface area contributed by atoms with Crippen LogP contribution in [0.25, 0.3) is 6.08 Å². The highest BCUT2D eigenvalue weighted by Crippen LogP contribution is 2.18. The van der Waals surface area contributed by atoms with Gasteiger partial charge in [-0.1, -0.05) is 48.6 Å². The van der Waals surface area contributed by atoms with Crippen LogP contribution in [0.4, 0.5) is 4.79 Å². The molecule has 1 fully saturated rings. The summed E-state index contributed by atoms with van der Waals surface area (Å²) < 4.78 is 0. The van der Waals surface area contributed by atoms with Crippen molar-refractivity contribution in [2.75, 3.05) is 6.54 Å². The number of hydrogen-bond donors (Lipinski definition) is 0. The van der Waals surface area contributed by atoms with Gasteiger partial charge in [-0.25, -0.2) is 4.79 Å². The monoisotopic (exact) mass is 326 g/mol. The number of carbonyl (C=O) groups is 3. The lowest BCUT2D eigenvalue weighted by atomic mass is 10.2. The summed E-state index contributed by atoms with van der Waals surface area (Å²) >= 11 is 1.44. The fourth-order valence-electron chi connectivity index (χ4n) is 2.27. The van der Waals surface area contributed by atoms with E-state index >= 15 is 0 Å². The number of nitrogens with zero attached hydrogens (tertiary/aromatic N) is 2. The first-order valence-electron chi connectivity index (χ1n) is 7.08. The number of carbonyl (C=O) groups excluding carboxylic acids is 3. The van der Waals surface area contributed by atoms with Crippen molar-refractivity contribution in [2.45, 2.75) is 6.54 Å². The zero-order chi connectivity index (χ0) is 16.2. The molecule has 0 saturated carbocycles. The molecule has 2 aromatic rings. The summed E-state index contributed by atoms with van der Waals surface area (Å²) in [6, 6.07) is 12.6. The van der Waals surface area contributed by atoms with Gasteiger partial charge in [0.1, 0.15) is 0 Å². The van der Waals surface area contributed by atoms with Gasteiger partial charge in [-0.2, -0.15) is 0 Å². The third-order valence-corrected chi connectivity index (χ3v) is 4.29. The highest BCUT2D eigenvalue weighted by molar-refractivity contribution is 7.09. The second-order valence-corrected chi connectivity index (χ2v) is 6.01. The highest BCUT2D eigenvalue weighted by Gasteiger charge is 2.43. The van der Waals surface area contributed by atoms with Crippen LogP contribution in [-0.4, -0.2) is 34.2 Å². The zero-order valence-corrected chi connectivity index (χ0v) is 13.0. The molecule has 0 bridgehead atoms. The van der Waals surface area contributed by atoms with E-state index in [4.69, 9.17) is 0 Å². The number of urea groups is 1. The Morgan fingerprint density at radius 1 is 0.913 bits per heavy atom. The molecule has 6 heteroatoms. The van der Waals surface area contributed by atoms with Crippen LogP contribution in [0, 0.1) is 0 Å². The largest absolute Gasteiger partial charge is 0.334 e. The molecule has 0 spiro atoms. The maximum Gasteiger partial charge on any atom is 0.334 e. The second-order valence-electron chi connectivity index (χ2n) is 4.98. The van der Waals surface area contributed by atoms with Gasteiger partial charge in [0.05, 0.1) is 6.54 Å². The van der Waals surface area contributed by atoms with Crippen molar-refractivity contribution in [1.29, 1.82) is 0 Å². The summed E-state index contributed by atoms with van der Waals surface area (Å²) in [5.74, 6) is -1.54. The molecular weight excluding hydrogens is 312 g/mol. The van der Waals surface area contributed by atoms with Crippen LogP contribution in [0.1, 0.15) is 10.4 Å². The minimum Gasteiger partial charge on any atom is -0.263 e. The summed E-state index contributed by atoms with van der Waals surface area (Å²) in [6.45, 7) is 0.221. The van der Waals surface area contributed by atoms with Gasteiger partial charge >= 0.3 is 17.8 Å². The fraction of sp³-hybridized carbons (Fsp3) is 0.118. The quantitative estimate of drug-likeness (QED) is 0.627. The lowest BCUT2D eigenvalue weighted by Gasteiger charge is -2.13. The molecule has 116 valence electrons. The maximum atomic E-state index is 12.3. The van der Waals surface area contributed by atoms with Gasteiger partial charge in [0.25, 0.3) is 0 Å². The van der Waals surface area contributed by atoms with Crippen molar-refractivity contribution in [3.8, 4) is 0 Å². The number of hydrogen-bond acceptors (Lipinski definition) is 4. The molecule has 23 heavy (non-hydrogen) atoms. The summed E-state index contributed by atoms with van der Waals surface area (Å²) in [4.78, 5) is 39.1. The van der Waals surface area contributed by atoms with E-state index in [2.05, 4.69) is 0 Å². The average Bonchev–Trinajstić information content (AvgIpc) is 3.15. The molecule has 0 aliphatic carbocycles. The lowest BCUT2D eigenvalue weighted by Crippen LogP contribution is -2.33. The second kappa shape index (κ2) is 6.58. The summed E-state index contributed by atoms with van der Waals surface area (Å²) in [5, 5.41) is 1.86. The van der Waals surface area contributed by atoms with Crippen LogP contribution in [0.3, 0.4) is 0 Å². The molecule has 4 amide bonds. The van der Waals surface area contributed by atoms with Gasteiger partial charge in [-0.15, -0.1) is 11.3 Å². The summed E-state index contributed by atoms with van der Waals surface area (Å²) in [5.41, 5.74) is 0.966. The van der Waals surface area contributed by atoms with Gasteiger partial charge in [0.15, 0.2) is 0 Å². The standard InChI is InChI=1S/C17H14N2O3S/c20-15-16(21)19(12-14-9-5-11-23-14)17(22)18(15)10-4-8-13-6-2-1-3-7-13/h1-9,11H,10,12H2/b8-4+. The van der Waals surface area contributed by atoms with Crippen molar-refractivity contribution in [3.63, 3.8) is 0 Å². The topological polar surface area (TPSA) is 57.7 Å². The van der Waals surface area contributed by atoms with E-state index in [0.717, 1.165) is 20.2 Å². The van der Waals surface area contributed by atoms with E-state index in [-0.39, 0.29) is 13.1 Å². The Balaban J connectivity index is 1.68. The Labute approximate surface area is 137 Å². The van der Waals surface area contributed by atoms with Crippen molar-refractivity contribution in [1.82, 2.24) is 9.80 Å². The van der Waals surface area contributed by atoms with E-state index < -0.39 is 17.8 Å². The molecule has 3 rings (SSSR count). The first-order valence-corrected chi connectivity index (χ1v) is 7.96. The van der Waals surface area contributed by atoms with Gasteiger partial charge in [-0.05, 0) is 17.0 Å². The summed E-state index contributed by atoms with van der Waals surface area (Å²) in [6.07, 6.45) is 3.51. The first kappa shape index (κ1) is 15.2. The zero-order valence-electron chi connectivity index (χ0n) is 12.2. The van der Waals surface area contributed by atoms with Gasteiger partial charge in [-0.3, -0.25) is 19.4 Å². The van der Waals surface area contributed by atoms with Gasteiger partial charge < -0.3 is 0 Å². The molecule has 0 N–H and O–H groups in total. The normalized spacial score (nSPS) is 15.2. The van der Waals surface area contributed by atoms with Crippen LogP contribution >= 0.6 is 11.3 Å². The number of thiophene rings is 1. The Bertz CT molecular complexity index is 753. The average molecular weight is 326 g/mol. The molecular formula is C17H14N2O3S. The van der Waals surface area contributed by atoms with Gasteiger partial charge in [0.2, 0.25) is 0 Å². The molecule has 0 atom stereocenters. The predicted molar refractivity (Wildman–Crippen MR) is 87.5 cm³/mol. The fourth-order valence-corrected chi connectivity index (χ4v) is 2.96. The smallest absolute Gasteiger partial charge is 0.263 e. The van der Waals surface area contributed by atoms with Crippen LogP contribution in [-0.2, 0) is 16.1 Å². The van der Waals surface area contributed by atoms with Crippen LogP contribution in [0.5, 0.6) is 0 Å². The van der Waals surface area contributed by atoms with Crippen LogP contribution in [0.2, 0.25) is 0 Å². The van der Waals surface area contributed by atoms with Crippen molar-refractivity contribution in [3.05, 3.63) is 64.4 Å². The Kier molecular flexibility index (Phi) is 4.34. The Morgan fingerprint density at radius 2 is 1.65 bits per heavy atom. The first-order chi connectivity index (χ1) is 11.2. The van der Waals surface area contributed by atoms with Crippen molar-refractivity contribution in [2.24, 2.45) is 0 Å². The minimum atomic E-state index is -0.774. The van der Waals surface area contributed by atoms with Crippen LogP contribution in [0.15, 0.2) is 53.9 Å². The van der Waals surface area contributed by atoms with Crippen LogP contribution < -0.4 is 0 Å². The third kappa shape index (κ3) is 3.22. The third-order valence-electron chi connectivity index (χ3n) is 3.43. The molecule has 1 aliphatic heterocycles. The molecule has 1 saturated heterocycles. The molecule has 0 radical (unpaired) electrons. The maximum absolute atomic E-state index is 12.3. The van der Waals surface area contributed by atoms with E-state index in [0.29, 0.717) is 0 Å². The Hall–Kier alpha value is -2.73. The number of rotatable bonds is 5. The number of benzene rings is 1. The van der Waals surface area contributed by atoms with E-state index in [9.17, 15) is 14.4 Å². The van der Waals surface area contributed by atoms with E-state index in [1.54, 1.807) is 6.08 Å². The highest BCUT2D eigenvalue weighted by atomic mass is 32.1.